The lowest BCUT2D eigenvalue weighted by Gasteiger charge is -2.28. The van der Waals surface area contributed by atoms with Crippen molar-refractivity contribution in [2.24, 2.45) is 0 Å². The Kier molecular flexibility index (Phi) is 5.72. The normalized spacial score (nSPS) is 13.5. The number of aromatic amines is 1. The van der Waals surface area contributed by atoms with Crippen molar-refractivity contribution in [2.75, 3.05) is 6.54 Å². The summed E-state index contributed by atoms with van der Waals surface area (Å²) >= 11 is 0. The molecule has 0 bridgehead atoms. The van der Waals surface area contributed by atoms with Crippen LogP contribution in [0.5, 0.6) is 5.75 Å². The molecule has 1 aliphatic heterocycles. The molecule has 0 saturated carbocycles. The molecule has 1 aromatic carbocycles. The van der Waals surface area contributed by atoms with E-state index in [1.165, 1.54) is 0 Å². The van der Waals surface area contributed by atoms with Crippen molar-refractivity contribution in [3.8, 4) is 17.3 Å². The Balaban J connectivity index is 1.31. The topological polar surface area (TPSA) is 84.0 Å². The van der Waals surface area contributed by atoms with Gasteiger partial charge >= 0.3 is 0 Å². The van der Waals surface area contributed by atoms with Gasteiger partial charge in [-0.25, -0.2) is 4.98 Å². The van der Waals surface area contributed by atoms with Crippen LogP contribution < -0.4 is 10.3 Å². The quantitative estimate of drug-likeness (QED) is 0.510. The molecule has 0 unspecified atom stereocenters. The average Bonchev–Trinajstić information content (AvgIpc) is 2.85. The van der Waals surface area contributed by atoms with E-state index in [4.69, 9.17) is 9.72 Å². The molecule has 32 heavy (non-hydrogen) atoms. The number of fused-ring (bicyclic) bond motifs is 1. The summed E-state index contributed by atoms with van der Waals surface area (Å²) in [6.07, 6.45) is 4.18. The zero-order valence-electron chi connectivity index (χ0n) is 17.6. The fraction of sp³-hybridized carbons (Fsp3) is 0.200. The standard InChI is InChI=1S/C25H23N5O2/c31-25-20-16-30(14-11-21(20)28-24(29-25)22-9-4-6-13-27-22)15-18-7-1-2-10-23(18)32-17-19-8-3-5-12-26-19/h1-10,12-13H,11,14-17H2,(H,28,29,31). The molecular weight excluding hydrogens is 402 g/mol. The number of aromatic nitrogens is 4. The number of benzene rings is 1. The molecule has 0 spiro atoms. The summed E-state index contributed by atoms with van der Waals surface area (Å²) in [7, 11) is 0. The van der Waals surface area contributed by atoms with Crippen LogP contribution in [0.4, 0.5) is 0 Å². The van der Waals surface area contributed by atoms with E-state index >= 15 is 0 Å². The van der Waals surface area contributed by atoms with Crippen LogP contribution in [0.3, 0.4) is 0 Å². The van der Waals surface area contributed by atoms with Gasteiger partial charge in [0.25, 0.3) is 5.56 Å². The highest BCUT2D eigenvalue weighted by molar-refractivity contribution is 5.49. The molecule has 0 atom stereocenters. The van der Waals surface area contributed by atoms with Crippen LogP contribution in [-0.2, 0) is 26.1 Å². The van der Waals surface area contributed by atoms with Crippen LogP contribution in [0.1, 0.15) is 22.5 Å². The Bertz CT molecular complexity index is 1260. The SMILES string of the molecule is O=c1[nH]c(-c2ccccn2)nc2c1CN(Cc1ccccc1OCc1ccccn1)CC2. The van der Waals surface area contributed by atoms with Gasteiger partial charge in [0.1, 0.15) is 18.1 Å². The fourth-order valence-electron chi connectivity index (χ4n) is 3.89. The van der Waals surface area contributed by atoms with E-state index < -0.39 is 0 Å². The molecule has 1 N–H and O–H groups in total. The highest BCUT2D eigenvalue weighted by atomic mass is 16.5. The molecule has 0 radical (unpaired) electrons. The summed E-state index contributed by atoms with van der Waals surface area (Å²) in [6, 6.07) is 19.4. The minimum Gasteiger partial charge on any atom is -0.487 e. The van der Waals surface area contributed by atoms with Crippen LogP contribution in [0.15, 0.2) is 77.9 Å². The molecule has 7 nitrogen and oxygen atoms in total. The third kappa shape index (κ3) is 4.43. The second-order valence-corrected chi connectivity index (χ2v) is 7.73. The maximum atomic E-state index is 12.8. The summed E-state index contributed by atoms with van der Waals surface area (Å²) in [5.41, 5.74) is 4.12. The Labute approximate surface area is 185 Å². The molecule has 0 amide bonds. The predicted molar refractivity (Wildman–Crippen MR) is 121 cm³/mol. The number of ether oxygens (including phenoxy) is 1. The van der Waals surface area contributed by atoms with Crippen LogP contribution in [-0.4, -0.2) is 31.4 Å². The summed E-state index contributed by atoms with van der Waals surface area (Å²) in [4.78, 5) is 31.3. The molecule has 160 valence electrons. The second kappa shape index (κ2) is 9.11. The number of pyridine rings is 2. The van der Waals surface area contributed by atoms with Crippen LogP contribution >= 0.6 is 0 Å². The van der Waals surface area contributed by atoms with Gasteiger partial charge in [-0.15, -0.1) is 0 Å². The van der Waals surface area contributed by atoms with Gasteiger partial charge < -0.3 is 9.72 Å². The van der Waals surface area contributed by atoms with Gasteiger partial charge in [0.15, 0.2) is 5.82 Å². The predicted octanol–water partition coefficient (Wildman–Crippen LogP) is 3.36. The first-order valence-corrected chi connectivity index (χ1v) is 10.6. The molecule has 5 rings (SSSR count). The Morgan fingerprint density at radius 3 is 2.59 bits per heavy atom. The number of rotatable bonds is 6. The first-order valence-electron chi connectivity index (χ1n) is 10.6. The van der Waals surface area contributed by atoms with Crippen molar-refractivity contribution in [3.63, 3.8) is 0 Å². The number of H-pyrrole nitrogens is 1. The van der Waals surface area contributed by atoms with Crippen molar-refractivity contribution < 1.29 is 4.74 Å². The molecule has 3 aromatic heterocycles. The van der Waals surface area contributed by atoms with Crippen molar-refractivity contribution in [1.82, 2.24) is 24.8 Å². The molecule has 4 aromatic rings. The summed E-state index contributed by atoms with van der Waals surface area (Å²) in [6.45, 7) is 2.48. The number of nitrogens with zero attached hydrogens (tertiary/aromatic N) is 4. The summed E-state index contributed by atoms with van der Waals surface area (Å²) in [5, 5.41) is 0. The number of nitrogens with one attached hydrogen (secondary N) is 1. The van der Waals surface area contributed by atoms with Crippen LogP contribution in [0, 0.1) is 0 Å². The average molecular weight is 425 g/mol. The van der Waals surface area contributed by atoms with Crippen molar-refractivity contribution in [1.29, 1.82) is 0 Å². The Morgan fingerprint density at radius 2 is 1.78 bits per heavy atom. The lowest BCUT2D eigenvalue weighted by molar-refractivity contribution is 0.233. The summed E-state index contributed by atoms with van der Waals surface area (Å²) < 4.78 is 6.05. The van der Waals surface area contributed by atoms with Gasteiger partial charge in [0.2, 0.25) is 0 Å². The van der Waals surface area contributed by atoms with Gasteiger partial charge in [0.05, 0.1) is 17.0 Å². The molecular formula is C25H23N5O2. The van der Waals surface area contributed by atoms with E-state index in [0.717, 1.165) is 41.2 Å². The second-order valence-electron chi connectivity index (χ2n) is 7.73. The van der Waals surface area contributed by atoms with Gasteiger partial charge in [-0.05, 0) is 30.3 Å². The monoisotopic (exact) mass is 425 g/mol. The maximum Gasteiger partial charge on any atom is 0.255 e. The minimum atomic E-state index is -0.0972. The number of para-hydroxylation sites is 1. The van der Waals surface area contributed by atoms with E-state index in [2.05, 4.69) is 25.9 Å². The van der Waals surface area contributed by atoms with Crippen molar-refractivity contribution >= 4 is 0 Å². The largest absolute Gasteiger partial charge is 0.487 e. The highest BCUT2D eigenvalue weighted by Gasteiger charge is 2.22. The lowest BCUT2D eigenvalue weighted by atomic mass is 10.1. The Hall–Kier alpha value is -3.84. The summed E-state index contributed by atoms with van der Waals surface area (Å²) in [5.74, 6) is 1.36. The minimum absolute atomic E-state index is 0.0972. The van der Waals surface area contributed by atoms with Gasteiger partial charge in [-0.3, -0.25) is 19.7 Å². The van der Waals surface area contributed by atoms with Gasteiger partial charge in [-0.1, -0.05) is 30.3 Å². The Morgan fingerprint density at radius 1 is 0.969 bits per heavy atom. The molecule has 7 heteroatoms. The van der Waals surface area contributed by atoms with Gasteiger partial charge in [0, 0.05) is 44.0 Å². The van der Waals surface area contributed by atoms with Crippen molar-refractivity contribution in [3.05, 3.63) is 106 Å². The van der Waals surface area contributed by atoms with Crippen LogP contribution in [0.25, 0.3) is 11.5 Å². The number of hydrogen-bond acceptors (Lipinski definition) is 6. The molecule has 1 aliphatic rings. The van der Waals surface area contributed by atoms with E-state index in [-0.39, 0.29) is 5.56 Å². The first kappa shape index (κ1) is 20.1. The van der Waals surface area contributed by atoms with E-state index in [1.807, 2.05) is 54.6 Å². The maximum absolute atomic E-state index is 12.8. The zero-order valence-corrected chi connectivity index (χ0v) is 17.6. The van der Waals surface area contributed by atoms with E-state index in [1.54, 1.807) is 12.4 Å². The smallest absolute Gasteiger partial charge is 0.255 e. The lowest BCUT2D eigenvalue weighted by Crippen LogP contribution is -2.35. The molecule has 0 aliphatic carbocycles. The van der Waals surface area contributed by atoms with Crippen molar-refractivity contribution in [2.45, 2.75) is 26.1 Å². The molecule has 4 heterocycles. The zero-order chi connectivity index (χ0) is 21.8. The third-order valence-corrected chi connectivity index (χ3v) is 5.52. The highest BCUT2D eigenvalue weighted by Crippen LogP contribution is 2.24. The van der Waals surface area contributed by atoms with E-state index in [9.17, 15) is 4.79 Å². The third-order valence-electron chi connectivity index (χ3n) is 5.52. The van der Waals surface area contributed by atoms with E-state index in [0.29, 0.717) is 31.2 Å². The van der Waals surface area contributed by atoms with Gasteiger partial charge in [-0.2, -0.15) is 0 Å². The molecule has 0 saturated heterocycles. The first-order chi connectivity index (χ1) is 15.8. The number of hydrogen-bond donors (Lipinski definition) is 1. The fourth-order valence-corrected chi connectivity index (χ4v) is 3.89. The molecule has 0 fully saturated rings. The van der Waals surface area contributed by atoms with Crippen LogP contribution in [0.2, 0.25) is 0 Å².